The molecule has 4 nitrogen and oxygen atoms in total. The van der Waals surface area contributed by atoms with Gasteiger partial charge < -0.3 is 15.8 Å². The van der Waals surface area contributed by atoms with Crippen LogP contribution < -0.4 is 11.1 Å². The number of hydrogen-bond acceptors (Lipinski definition) is 3. The Bertz CT molecular complexity index is 502. The lowest BCUT2D eigenvalue weighted by atomic mass is 9.88. The zero-order chi connectivity index (χ0) is 15.4. The van der Waals surface area contributed by atoms with Crippen molar-refractivity contribution in [2.75, 3.05) is 11.1 Å². The van der Waals surface area contributed by atoms with E-state index in [1.54, 1.807) is 6.07 Å². The highest BCUT2D eigenvalue weighted by Crippen LogP contribution is 2.27. The highest BCUT2D eigenvalue weighted by Gasteiger charge is 2.24. The maximum absolute atomic E-state index is 12.3. The Morgan fingerprint density at radius 2 is 2.19 bits per heavy atom. The van der Waals surface area contributed by atoms with Gasteiger partial charge in [-0.15, -0.1) is 0 Å². The van der Waals surface area contributed by atoms with E-state index in [9.17, 15) is 4.79 Å². The van der Waals surface area contributed by atoms with Crippen LogP contribution in [0.4, 0.5) is 11.4 Å². The predicted molar refractivity (Wildman–Crippen MR) is 86.2 cm³/mol. The first-order valence-corrected chi connectivity index (χ1v) is 7.78. The lowest BCUT2D eigenvalue weighted by molar-refractivity contribution is -0.131. The summed E-state index contributed by atoms with van der Waals surface area (Å²) in [5.74, 6) is 0.581. The molecule has 0 bridgehead atoms. The highest BCUT2D eigenvalue weighted by molar-refractivity contribution is 5.95. The molecular formula is C17H26N2O2. The molecule has 0 saturated heterocycles. The predicted octanol–water partition coefficient (Wildman–Crippen LogP) is 3.50. The van der Waals surface area contributed by atoms with E-state index in [1.807, 2.05) is 26.0 Å². The second-order valence-electron chi connectivity index (χ2n) is 6.24. The number of carbonyl (C=O) groups excluding carboxylic acids is 1. The van der Waals surface area contributed by atoms with Crippen LogP contribution in [0.2, 0.25) is 0 Å². The van der Waals surface area contributed by atoms with E-state index in [4.69, 9.17) is 10.5 Å². The molecule has 116 valence electrons. The molecule has 1 aliphatic rings. The molecule has 0 aromatic heterocycles. The Kier molecular flexibility index (Phi) is 5.23. The second kappa shape index (κ2) is 6.94. The molecule has 1 aromatic rings. The number of nitrogen functional groups attached to an aromatic ring is 1. The number of aryl methyl sites for hydroxylation is 1. The summed E-state index contributed by atoms with van der Waals surface area (Å²) < 4.78 is 5.92. The zero-order valence-corrected chi connectivity index (χ0v) is 13.2. The number of hydrogen-bond donors (Lipinski definition) is 2. The van der Waals surface area contributed by atoms with Crippen LogP contribution in [0.5, 0.6) is 0 Å². The van der Waals surface area contributed by atoms with Gasteiger partial charge in [-0.3, -0.25) is 4.79 Å². The van der Waals surface area contributed by atoms with E-state index < -0.39 is 6.10 Å². The normalized spacial score (nSPS) is 23.6. The number of anilines is 2. The van der Waals surface area contributed by atoms with E-state index in [0.717, 1.165) is 24.1 Å². The van der Waals surface area contributed by atoms with Crippen LogP contribution in [0.15, 0.2) is 18.2 Å². The monoisotopic (exact) mass is 290 g/mol. The summed E-state index contributed by atoms with van der Waals surface area (Å²) >= 11 is 0. The van der Waals surface area contributed by atoms with E-state index in [1.165, 1.54) is 12.8 Å². The van der Waals surface area contributed by atoms with Gasteiger partial charge in [0.05, 0.1) is 6.10 Å². The van der Waals surface area contributed by atoms with Gasteiger partial charge >= 0.3 is 0 Å². The zero-order valence-electron chi connectivity index (χ0n) is 13.2. The Morgan fingerprint density at radius 3 is 2.90 bits per heavy atom. The summed E-state index contributed by atoms with van der Waals surface area (Å²) in [5.41, 5.74) is 8.16. The summed E-state index contributed by atoms with van der Waals surface area (Å²) in [7, 11) is 0. The molecule has 0 heterocycles. The molecule has 1 amide bonds. The van der Waals surface area contributed by atoms with E-state index >= 15 is 0 Å². The first-order chi connectivity index (χ1) is 9.95. The minimum atomic E-state index is -0.443. The van der Waals surface area contributed by atoms with E-state index in [-0.39, 0.29) is 12.0 Å². The first kappa shape index (κ1) is 15.8. The maximum Gasteiger partial charge on any atom is 0.253 e. The number of nitrogens with two attached hydrogens (primary N) is 1. The van der Waals surface area contributed by atoms with Crippen molar-refractivity contribution in [3.05, 3.63) is 23.8 Å². The number of rotatable bonds is 4. The quantitative estimate of drug-likeness (QED) is 0.834. The Labute approximate surface area is 127 Å². The molecule has 3 N–H and O–H groups in total. The highest BCUT2D eigenvalue weighted by atomic mass is 16.5. The second-order valence-corrected chi connectivity index (χ2v) is 6.24. The molecule has 21 heavy (non-hydrogen) atoms. The van der Waals surface area contributed by atoms with Crippen molar-refractivity contribution in [2.45, 2.75) is 58.7 Å². The van der Waals surface area contributed by atoms with Crippen molar-refractivity contribution in [3.8, 4) is 0 Å². The van der Waals surface area contributed by atoms with Gasteiger partial charge in [0.15, 0.2) is 0 Å². The van der Waals surface area contributed by atoms with Crippen molar-refractivity contribution in [3.63, 3.8) is 0 Å². The van der Waals surface area contributed by atoms with Gasteiger partial charge in [-0.25, -0.2) is 0 Å². The molecule has 3 unspecified atom stereocenters. The summed E-state index contributed by atoms with van der Waals surface area (Å²) in [6.07, 6.45) is 4.32. The number of nitrogens with one attached hydrogen (secondary N) is 1. The molecule has 0 aliphatic heterocycles. The number of benzene rings is 1. The van der Waals surface area contributed by atoms with Crippen LogP contribution in [-0.2, 0) is 9.53 Å². The SMILES string of the molecule is Cc1ccc(N)cc1NC(=O)C(C)OC1CCCC(C)C1. The smallest absolute Gasteiger partial charge is 0.253 e. The molecule has 1 aromatic carbocycles. The first-order valence-electron chi connectivity index (χ1n) is 7.78. The van der Waals surface area contributed by atoms with Crippen LogP contribution in [0, 0.1) is 12.8 Å². The average Bonchev–Trinajstić information content (AvgIpc) is 2.43. The van der Waals surface area contributed by atoms with E-state index in [2.05, 4.69) is 12.2 Å². The van der Waals surface area contributed by atoms with Crippen LogP contribution in [0.3, 0.4) is 0 Å². The minimum Gasteiger partial charge on any atom is -0.399 e. The third-order valence-corrected chi connectivity index (χ3v) is 4.17. The molecule has 4 heteroatoms. The number of carbonyl (C=O) groups is 1. The van der Waals surface area contributed by atoms with Crippen molar-refractivity contribution in [1.82, 2.24) is 0 Å². The van der Waals surface area contributed by atoms with Crippen LogP contribution >= 0.6 is 0 Å². The number of ether oxygens (including phenoxy) is 1. The molecule has 0 spiro atoms. The Hall–Kier alpha value is -1.55. The van der Waals surface area contributed by atoms with Crippen LogP contribution in [-0.4, -0.2) is 18.1 Å². The van der Waals surface area contributed by atoms with Gasteiger partial charge in [0.1, 0.15) is 6.10 Å². The van der Waals surface area contributed by atoms with Crippen molar-refractivity contribution in [1.29, 1.82) is 0 Å². The van der Waals surface area contributed by atoms with Crippen molar-refractivity contribution >= 4 is 17.3 Å². The molecule has 1 saturated carbocycles. The molecule has 3 atom stereocenters. The van der Waals surface area contributed by atoms with Gasteiger partial charge in [-0.1, -0.05) is 25.8 Å². The van der Waals surface area contributed by atoms with Gasteiger partial charge in [-0.05, 0) is 50.3 Å². The minimum absolute atomic E-state index is 0.109. The molecular weight excluding hydrogens is 264 g/mol. The Morgan fingerprint density at radius 1 is 1.43 bits per heavy atom. The molecule has 0 radical (unpaired) electrons. The molecule has 1 aliphatic carbocycles. The van der Waals surface area contributed by atoms with Gasteiger partial charge in [0.2, 0.25) is 0 Å². The van der Waals surface area contributed by atoms with Gasteiger partial charge in [-0.2, -0.15) is 0 Å². The topological polar surface area (TPSA) is 64.3 Å². The van der Waals surface area contributed by atoms with Crippen molar-refractivity contribution in [2.24, 2.45) is 5.92 Å². The lowest BCUT2D eigenvalue weighted by Gasteiger charge is -2.29. The van der Waals surface area contributed by atoms with Crippen molar-refractivity contribution < 1.29 is 9.53 Å². The summed E-state index contributed by atoms with van der Waals surface area (Å²) in [6.45, 7) is 6.01. The number of amides is 1. The third-order valence-electron chi connectivity index (χ3n) is 4.17. The summed E-state index contributed by atoms with van der Waals surface area (Å²) in [6, 6.07) is 5.51. The van der Waals surface area contributed by atoms with Crippen LogP contribution in [0.1, 0.15) is 45.1 Å². The van der Waals surface area contributed by atoms with Gasteiger partial charge in [0, 0.05) is 11.4 Å². The average molecular weight is 290 g/mol. The summed E-state index contributed by atoms with van der Waals surface area (Å²) in [4.78, 5) is 12.3. The van der Waals surface area contributed by atoms with Crippen LogP contribution in [0.25, 0.3) is 0 Å². The third kappa shape index (κ3) is 4.46. The van der Waals surface area contributed by atoms with Gasteiger partial charge in [0.25, 0.3) is 5.91 Å². The fourth-order valence-electron chi connectivity index (χ4n) is 2.86. The Balaban J connectivity index is 1.91. The van der Waals surface area contributed by atoms with E-state index in [0.29, 0.717) is 11.6 Å². The summed E-state index contributed by atoms with van der Waals surface area (Å²) in [5, 5.41) is 2.91. The largest absolute Gasteiger partial charge is 0.399 e. The fourth-order valence-corrected chi connectivity index (χ4v) is 2.86. The fraction of sp³-hybridized carbons (Fsp3) is 0.588. The molecule has 2 rings (SSSR count). The molecule has 1 fully saturated rings. The standard InChI is InChI=1S/C17H26N2O2/c1-11-5-4-6-15(9-11)21-13(3)17(20)19-16-10-14(18)8-7-12(16)2/h7-8,10-11,13,15H,4-6,9,18H2,1-3H3,(H,19,20). The lowest BCUT2D eigenvalue weighted by Crippen LogP contribution is -2.33. The maximum atomic E-state index is 12.3.